The third kappa shape index (κ3) is 5.37. The summed E-state index contributed by atoms with van der Waals surface area (Å²) < 4.78 is 8.75. The molecule has 0 spiro atoms. The Kier molecular flexibility index (Phi) is 7.42. The number of hydrogen-bond acceptors (Lipinski definition) is 4. The molecule has 0 N–H and O–H groups in total. The number of rotatable bonds is 6. The fraction of sp³-hybridized carbons (Fsp3) is 0. The van der Waals surface area contributed by atoms with Gasteiger partial charge in [0.15, 0.2) is 17.5 Å². The number of hydrogen-bond donors (Lipinski definition) is 0. The Morgan fingerprint density at radius 2 is 0.875 bits per heavy atom. The summed E-state index contributed by atoms with van der Waals surface area (Å²) in [4.78, 5) is 14.8. The van der Waals surface area contributed by atoms with E-state index in [1.807, 2.05) is 60.7 Å². The number of para-hydroxylation sites is 1. The van der Waals surface area contributed by atoms with Crippen molar-refractivity contribution in [3.8, 4) is 62.1 Å². The van der Waals surface area contributed by atoms with Crippen LogP contribution in [-0.4, -0.2) is 19.5 Å². The maximum Gasteiger partial charge on any atom is 0.164 e. The van der Waals surface area contributed by atoms with Crippen molar-refractivity contribution in [3.63, 3.8) is 0 Å². The van der Waals surface area contributed by atoms with Crippen molar-refractivity contribution in [2.45, 2.75) is 0 Å². The lowest BCUT2D eigenvalue weighted by Crippen LogP contribution is -2.00. The lowest BCUT2D eigenvalue weighted by Gasteiger charge is -2.11. The van der Waals surface area contributed by atoms with Crippen molar-refractivity contribution in [2.24, 2.45) is 0 Å². The fourth-order valence-electron chi connectivity index (χ4n) is 7.99. The quantitative estimate of drug-likeness (QED) is 0.172. The van der Waals surface area contributed by atoms with Crippen molar-refractivity contribution in [1.29, 1.82) is 0 Å². The topological polar surface area (TPSA) is 56.7 Å². The van der Waals surface area contributed by atoms with E-state index in [1.54, 1.807) is 0 Å². The van der Waals surface area contributed by atoms with Gasteiger partial charge in [0.2, 0.25) is 0 Å². The molecule has 56 heavy (non-hydrogen) atoms. The standard InChI is InChI=1S/C51H32N4O/c1-4-13-33(14-5-1)37-26-30-46-43(31-37)48-40(20-12-22-47(48)56-46)38-25-29-45-42(32-38)41-19-10-11-21-44(41)55(45)39-27-23-36(24-28-39)51-53-49(34-15-6-2-7-16-34)52-50(54-51)35-17-8-3-9-18-35/h1-32H. The number of benzene rings is 8. The molecule has 5 heteroatoms. The lowest BCUT2D eigenvalue weighted by molar-refractivity contribution is 0.669. The number of furan rings is 1. The summed E-state index contributed by atoms with van der Waals surface area (Å²) in [6.07, 6.45) is 0. The molecule has 8 aromatic carbocycles. The molecular formula is C51H32N4O. The monoisotopic (exact) mass is 716 g/mol. The molecule has 0 amide bonds. The first-order valence-corrected chi connectivity index (χ1v) is 18.8. The van der Waals surface area contributed by atoms with Gasteiger partial charge in [-0.1, -0.05) is 133 Å². The minimum absolute atomic E-state index is 0.632. The molecule has 0 atom stereocenters. The summed E-state index contributed by atoms with van der Waals surface area (Å²) in [5.41, 5.74) is 12.6. The van der Waals surface area contributed by atoms with E-state index in [9.17, 15) is 0 Å². The van der Waals surface area contributed by atoms with Crippen LogP contribution in [0.1, 0.15) is 0 Å². The Morgan fingerprint density at radius 1 is 0.339 bits per heavy atom. The second kappa shape index (κ2) is 13.0. The van der Waals surface area contributed by atoms with Gasteiger partial charge in [-0.15, -0.1) is 0 Å². The highest BCUT2D eigenvalue weighted by molar-refractivity contribution is 6.15. The Labute approximate surface area is 322 Å². The molecule has 0 fully saturated rings. The molecule has 0 aliphatic carbocycles. The molecule has 11 rings (SSSR count). The Bertz CT molecular complexity index is 3160. The first kappa shape index (κ1) is 31.9. The zero-order valence-corrected chi connectivity index (χ0v) is 30.2. The van der Waals surface area contributed by atoms with Crippen LogP contribution in [0.2, 0.25) is 0 Å². The molecular weight excluding hydrogens is 685 g/mol. The van der Waals surface area contributed by atoms with E-state index in [4.69, 9.17) is 19.4 Å². The van der Waals surface area contributed by atoms with Crippen LogP contribution in [0.15, 0.2) is 199 Å². The summed E-state index contributed by atoms with van der Waals surface area (Å²) in [5, 5.41) is 4.63. The summed E-state index contributed by atoms with van der Waals surface area (Å²) in [6.45, 7) is 0. The minimum atomic E-state index is 0.632. The Morgan fingerprint density at radius 3 is 1.55 bits per heavy atom. The van der Waals surface area contributed by atoms with E-state index in [2.05, 4.69) is 138 Å². The zero-order valence-electron chi connectivity index (χ0n) is 30.2. The Balaban J connectivity index is 1.02. The van der Waals surface area contributed by atoms with E-state index in [-0.39, 0.29) is 0 Å². The zero-order chi connectivity index (χ0) is 37.0. The molecule has 262 valence electrons. The molecule has 0 saturated heterocycles. The van der Waals surface area contributed by atoms with E-state index in [0.29, 0.717) is 17.5 Å². The maximum atomic E-state index is 6.41. The van der Waals surface area contributed by atoms with Gasteiger partial charge in [0.25, 0.3) is 0 Å². The fourth-order valence-corrected chi connectivity index (χ4v) is 7.99. The van der Waals surface area contributed by atoms with Gasteiger partial charge in [-0.3, -0.25) is 0 Å². The van der Waals surface area contributed by atoms with E-state index in [1.165, 1.54) is 21.9 Å². The first-order chi connectivity index (χ1) is 27.7. The summed E-state index contributed by atoms with van der Waals surface area (Å²) in [6, 6.07) is 67.5. The maximum absolute atomic E-state index is 6.41. The largest absolute Gasteiger partial charge is 0.456 e. The van der Waals surface area contributed by atoms with E-state index >= 15 is 0 Å². The third-order valence-corrected chi connectivity index (χ3v) is 10.7. The number of fused-ring (bicyclic) bond motifs is 6. The third-order valence-electron chi connectivity index (χ3n) is 10.7. The van der Waals surface area contributed by atoms with Crippen LogP contribution in [0.25, 0.3) is 106 Å². The highest BCUT2D eigenvalue weighted by atomic mass is 16.3. The molecule has 0 aliphatic heterocycles. The van der Waals surface area contributed by atoms with Gasteiger partial charge in [0.05, 0.1) is 11.0 Å². The second-order valence-electron chi connectivity index (χ2n) is 14.0. The van der Waals surface area contributed by atoms with Crippen molar-refractivity contribution >= 4 is 43.7 Å². The van der Waals surface area contributed by atoms with Crippen LogP contribution in [0.4, 0.5) is 0 Å². The van der Waals surface area contributed by atoms with Gasteiger partial charge >= 0.3 is 0 Å². The average Bonchev–Trinajstić information content (AvgIpc) is 3.82. The Hall–Kier alpha value is -7.63. The normalized spacial score (nSPS) is 11.6. The molecule has 0 unspecified atom stereocenters. The first-order valence-electron chi connectivity index (χ1n) is 18.8. The van der Waals surface area contributed by atoms with Crippen LogP contribution in [0.5, 0.6) is 0 Å². The average molecular weight is 717 g/mol. The molecule has 3 heterocycles. The molecule has 3 aromatic heterocycles. The second-order valence-corrected chi connectivity index (χ2v) is 14.0. The van der Waals surface area contributed by atoms with Crippen LogP contribution >= 0.6 is 0 Å². The number of nitrogens with zero attached hydrogens (tertiary/aromatic N) is 4. The molecule has 0 radical (unpaired) electrons. The van der Waals surface area contributed by atoms with Crippen LogP contribution in [0.3, 0.4) is 0 Å². The minimum Gasteiger partial charge on any atom is -0.456 e. The molecule has 11 aromatic rings. The predicted octanol–water partition coefficient (Wildman–Crippen LogP) is 13.2. The molecule has 0 bridgehead atoms. The summed E-state index contributed by atoms with van der Waals surface area (Å²) >= 11 is 0. The molecule has 0 saturated carbocycles. The van der Waals surface area contributed by atoms with Crippen LogP contribution < -0.4 is 0 Å². The van der Waals surface area contributed by atoms with Crippen molar-refractivity contribution < 1.29 is 4.42 Å². The highest BCUT2D eigenvalue weighted by Crippen LogP contribution is 2.41. The number of aromatic nitrogens is 4. The highest BCUT2D eigenvalue weighted by Gasteiger charge is 2.18. The summed E-state index contributed by atoms with van der Waals surface area (Å²) in [7, 11) is 0. The van der Waals surface area contributed by atoms with E-state index in [0.717, 1.165) is 66.5 Å². The van der Waals surface area contributed by atoms with Crippen LogP contribution in [0, 0.1) is 0 Å². The van der Waals surface area contributed by atoms with Crippen molar-refractivity contribution in [2.75, 3.05) is 0 Å². The van der Waals surface area contributed by atoms with Gasteiger partial charge in [0, 0.05) is 43.9 Å². The van der Waals surface area contributed by atoms with Gasteiger partial charge < -0.3 is 8.98 Å². The van der Waals surface area contributed by atoms with Crippen molar-refractivity contribution in [1.82, 2.24) is 19.5 Å². The molecule has 0 aliphatic rings. The van der Waals surface area contributed by atoms with Gasteiger partial charge in [0.1, 0.15) is 11.2 Å². The van der Waals surface area contributed by atoms with Crippen molar-refractivity contribution in [3.05, 3.63) is 194 Å². The SMILES string of the molecule is c1ccc(-c2ccc3oc4cccc(-c5ccc6c(c5)c5ccccc5n6-c5ccc(-c6nc(-c7ccccc7)nc(-c7ccccc7)n6)cc5)c4c3c2)cc1. The van der Waals surface area contributed by atoms with E-state index < -0.39 is 0 Å². The van der Waals surface area contributed by atoms with Gasteiger partial charge in [-0.25, -0.2) is 15.0 Å². The lowest BCUT2D eigenvalue weighted by atomic mass is 9.96. The predicted molar refractivity (Wildman–Crippen MR) is 229 cm³/mol. The van der Waals surface area contributed by atoms with Crippen LogP contribution in [-0.2, 0) is 0 Å². The van der Waals surface area contributed by atoms with Gasteiger partial charge in [-0.05, 0) is 82.9 Å². The van der Waals surface area contributed by atoms with Gasteiger partial charge in [-0.2, -0.15) is 0 Å². The molecule has 5 nitrogen and oxygen atoms in total. The smallest absolute Gasteiger partial charge is 0.164 e. The summed E-state index contributed by atoms with van der Waals surface area (Å²) in [5.74, 6) is 1.92.